The van der Waals surface area contributed by atoms with Crippen LogP contribution in [-0.4, -0.2) is 13.6 Å². The maximum atomic E-state index is 11.3. The third-order valence-electron chi connectivity index (χ3n) is 1.56. The fourth-order valence-corrected chi connectivity index (χ4v) is 2.52. The van der Waals surface area contributed by atoms with Crippen LogP contribution in [0.3, 0.4) is 0 Å². The molecular weight excluding hydrogens is 269 g/mol. The van der Waals surface area contributed by atoms with E-state index >= 15 is 0 Å². The normalized spacial score (nSPS) is 11.6. The van der Waals surface area contributed by atoms with Gasteiger partial charge in [-0.05, 0) is 12.1 Å². The molecule has 1 aromatic carbocycles. The Balaban J connectivity index is 3.41. The van der Waals surface area contributed by atoms with Crippen LogP contribution < -0.4 is 5.73 Å². The lowest BCUT2D eigenvalue weighted by atomic mass is 10.3. The van der Waals surface area contributed by atoms with E-state index in [0.29, 0.717) is 0 Å². The largest absolute Gasteiger partial charge is 0.396 e. The minimum absolute atomic E-state index is 0.0308. The van der Waals surface area contributed by atoms with Gasteiger partial charge in [0.2, 0.25) is 0 Å². The predicted molar refractivity (Wildman–Crippen MR) is 58.8 cm³/mol. The smallest absolute Gasteiger partial charge is 0.192 e. The topological polar surface area (TPSA) is 60.2 Å². The molecule has 0 spiro atoms. The summed E-state index contributed by atoms with van der Waals surface area (Å²) in [6, 6.07) is 2.45. The number of rotatable bonds is 2. The molecule has 0 aromatic heterocycles. The molecule has 0 atom stereocenters. The second-order valence-electron chi connectivity index (χ2n) is 2.52. The maximum Gasteiger partial charge on any atom is 0.192 e. The number of anilines is 1. The molecule has 0 aliphatic carbocycles. The zero-order chi connectivity index (χ0) is 10.9. The van der Waals surface area contributed by atoms with Gasteiger partial charge in [-0.25, -0.2) is 8.42 Å². The third-order valence-corrected chi connectivity index (χ3v) is 4.28. The molecule has 0 bridgehead atoms. The zero-order valence-electron chi connectivity index (χ0n) is 6.80. The Labute approximate surface area is 96.7 Å². The SMILES string of the molecule is Nc1c(Cl)cc(S(=O)(=O)CCl)cc1Cl. The van der Waals surface area contributed by atoms with Gasteiger partial charge in [0.25, 0.3) is 0 Å². The predicted octanol–water partition coefficient (Wildman–Crippen LogP) is 2.55. The molecule has 1 rings (SSSR count). The highest BCUT2D eigenvalue weighted by atomic mass is 35.5. The number of sulfone groups is 1. The molecule has 14 heavy (non-hydrogen) atoms. The van der Waals surface area contributed by atoms with Crippen molar-refractivity contribution in [3.8, 4) is 0 Å². The van der Waals surface area contributed by atoms with Gasteiger partial charge in [-0.2, -0.15) is 0 Å². The van der Waals surface area contributed by atoms with Gasteiger partial charge < -0.3 is 5.73 Å². The summed E-state index contributed by atoms with van der Waals surface area (Å²) in [6.45, 7) is 0. The van der Waals surface area contributed by atoms with Crippen LogP contribution in [0.25, 0.3) is 0 Å². The summed E-state index contributed by atoms with van der Waals surface area (Å²) in [5.41, 5.74) is 5.60. The standard InChI is InChI=1S/C7H6Cl3NO2S/c8-3-14(12,13)4-1-5(9)7(11)6(10)2-4/h1-2H,3,11H2. The van der Waals surface area contributed by atoms with Crippen molar-refractivity contribution in [3.05, 3.63) is 22.2 Å². The van der Waals surface area contributed by atoms with E-state index in [-0.39, 0.29) is 20.6 Å². The molecule has 0 radical (unpaired) electrons. The quantitative estimate of drug-likeness (QED) is 0.666. The lowest BCUT2D eigenvalue weighted by Gasteiger charge is -2.05. The summed E-state index contributed by atoms with van der Waals surface area (Å²) in [5, 5.41) is -0.328. The van der Waals surface area contributed by atoms with Gasteiger partial charge in [-0.1, -0.05) is 23.2 Å². The summed E-state index contributed by atoms with van der Waals surface area (Å²) in [7, 11) is -3.52. The lowest BCUT2D eigenvalue weighted by Crippen LogP contribution is -2.03. The first-order valence-electron chi connectivity index (χ1n) is 3.41. The Morgan fingerprint density at radius 3 is 2.00 bits per heavy atom. The average Bonchev–Trinajstić information content (AvgIpc) is 2.13. The minimum atomic E-state index is -3.52. The van der Waals surface area contributed by atoms with Gasteiger partial charge in [-0.15, -0.1) is 11.6 Å². The maximum absolute atomic E-state index is 11.3. The number of halogens is 3. The Hall–Kier alpha value is -0.160. The zero-order valence-corrected chi connectivity index (χ0v) is 9.88. The van der Waals surface area contributed by atoms with E-state index in [1.165, 1.54) is 12.1 Å². The van der Waals surface area contributed by atoms with E-state index in [9.17, 15) is 8.42 Å². The van der Waals surface area contributed by atoms with Crippen LogP contribution >= 0.6 is 34.8 Å². The first-order chi connectivity index (χ1) is 6.38. The Morgan fingerprint density at radius 2 is 1.64 bits per heavy atom. The highest BCUT2D eigenvalue weighted by Crippen LogP contribution is 2.31. The van der Waals surface area contributed by atoms with Crippen LogP contribution in [0.4, 0.5) is 5.69 Å². The fraction of sp³-hybridized carbons (Fsp3) is 0.143. The molecular formula is C7H6Cl3NO2S. The van der Waals surface area contributed by atoms with Crippen molar-refractivity contribution in [1.29, 1.82) is 0 Å². The summed E-state index contributed by atoms with van der Waals surface area (Å²) in [6.07, 6.45) is 0. The fourth-order valence-electron chi connectivity index (χ4n) is 0.804. The summed E-state index contributed by atoms with van der Waals surface area (Å²) in [4.78, 5) is -0.0308. The molecule has 0 fully saturated rings. The van der Waals surface area contributed by atoms with Crippen LogP contribution in [0, 0.1) is 0 Å². The van der Waals surface area contributed by atoms with E-state index in [0.717, 1.165) is 0 Å². The molecule has 2 N–H and O–H groups in total. The van der Waals surface area contributed by atoms with Crippen molar-refractivity contribution in [1.82, 2.24) is 0 Å². The molecule has 0 saturated heterocycles. The number of nitrogens with two attached hydrogens (primary N) is 1. The molecule has 0 heterocycles. The van der Waals surface area contributed by atoms with Crippen molar-refractivity contribution in [2.75, 3.05) is 10.9 Å². The van der Waals surface area contributed by atoms with Crippen molar-refractivity contribution in [3.63, 3.8) is 0 Å². The van der Waals surface area contributed by atoms with E-state index in [1.807, 2.05) is 0 Å². The van der Waals surface area contributed by atoms with Crippen molar-refractivity contribution in [2.45, 2.75) is 4.90 Å². The first kappa shape index (κ1) is 11.9. The van der Waals surface area contributed by atoms with Gasteiger partial charge >= 0.3 is 0 Å². The Bertz CT molecular complexity index is 435. The first-order valence-corrected chi connectivity index (χ1v) is 6.36. The van der Waals surface area contributed by atoms with Crippen LogP contribution in [-0.2, 0) is 9.84 Å². The second kappa shape index (κ2) is 4.14. The number of alkyl halides is 1. The molecule has 0 amide bonds. The van der Waals surface area contributed by atoms with E-state index in [2.05, 4.69) is 0 Å². The number of benzene rings is 1. The van der Waals surface area contributed by atoms with Gasteiger partial charge in [0.05, 0.1) is 20.6 Å². The molecule has 0 saturated carbocycles. The monoisotopic (exact) mass is 273 g/mol. The highest BCUT2D eigenvalue weighted by molar-refractivity contribution is 7.92. The minimum Gasteiger partial charge on any atom is -0.396 e. The summed E-state index contributed by atoms with van der Waals surface area (Å²) in [5.74, 6) is 0. The van der Waals surface area contributed by atoms with Crippen LogP contribution in [0.1, 0.15) is 0 Å². The number of nitrogen functional groups attached to an aromatic ring is 1. The summed E-state index contributed by atoms with van der Waals surface area (Å²) >= 11 is 16.6. The Kier molecular flexibility index (Phi) is 3.53. The summed E-state index contributed by atoms with van der Waals surface area (Å²) < 4.78 is 22.7. The third kappa shape index (κ3) is 2.25. The second-order valence-corrected chi connectivity index (χ2v) is 5.91. The number of hydrogen-bond acceptors (Lipinski definition) is 3. The van der Waals surface area contributed by atoms with E-state index in [4.69, 9.17) is 40.5 Å². The molecule has 1 aromatic rings. The molecule has 0 unspecified atom stereocenters. The molecule has 7 heteroatoms. The molecule has 0 aliphatic heterocycles. The van der Waals surface area contributed by atoms with E-state index in [1.54, 1.807) is 0 Å². The molecule has 78 valence electrons. The van der Waals surface area contributed by atoms with Crippen LogP contribution in [0.5, 0.6) is 0 Å². The van der Waals surface area contributed by atoms with Crippen molar-refractivity contribution < 1.29 is 8.42 Å². The van der Waals surface area contributed by atoms with Gasteiger partial charge in [0.15, 0.2) is 9.84 Å². The molecule has 3 nitrogen and oxygen atoms in total. The van der Waals surface area contributed by atoms with Crippen LogP contribution in [0.15, 0.2) is 17.0 Å². The van der Waals surface area contributed by atoms with Gasteiger partial charge in [0.1, 0.15) is 5.21 Å². The van der Waals surface area contributed by atoms with E-state index < -0.39 is 15.0 Å². The Morgan fingerprint density at radius 1 is 1.21 bits per heavy atom. The van der Waals surface area contributed by atoms with Gasteiger partial charge in [0, 0.05) is 0 Å². The van der Waals surface area contributed by atoms with Gasteiger partial charge in [-0.3, -0.25) is 0 Å². The number of hydrogen-bond donors (Lipinski definition) is 1. The lowest BCUT2D eigenvalue weighted by molar-refractivity contribution is 0.600. The van der Waals surface area contributed by atoms with Crippen molar-refractivity contribution >= 4 is 50.3 Å². The van der Waals surface area contributed by atoms with Crippen molar-refractivity contribution in [2.24, 2.45) is 0 Å². The average molecular weight is 275 g/mol. The van der Waals surface area contributed by atoms with Crippen LogP contribution in [0.2, 0.25) is 10.0 Å². The highest BCUT2D eigenvalue weighted by Gasteiger charge is 2.16. The molecule has 0 aliphatic rings.